The standard InChI is InChI=1S/C18H26N2O2/c1-22-15-8-6-13(7-9-15)10-11-19-18(21)17-12-14-4-2-3-5-16(14)20-17/h6-9,14,16-17,20H,2-5,10-12H2,1H3,(H,19,21). The molecule has 1 saturated heterocycles. The van der Waals surface area contributed by atoms with E-state index in [1.165, 1.54) is 31.2 Å². The van der Waals surface area contributed by atoms with Gasteiger partial charge in [-0.1, -0.05) is 25.0 Å². The van der Waals surface area contributed by atoms with Crippen molar-refractivity contribution in [3.63, 3.8) is 0 Å². The summed E-state index contributed by atoms with van der Waals surface area (Å²) in [6, 6.07) is 8.61. The lowest BCUT2D eigenvalue weighted by molar-refractivity contribution is -0.122. The molecule has 2 aliphatic rings. The zero-order valence-electron chi connectivity index (χ0n) is 13.3. The van der Waals surface area contributed by atoms with Crippen molar-refractivity contribution in [1.82, 2.24) is 10.6 Å². The van der Waals surface area contributed by atoms with Crippen LogP contribution in [0.2, 0.25) is 0 Å². The molecule has 1 aromatic rings. The summed E-state index contributed by atoms with van der Waals surface area (Å²) in [5, 5.41) is 6.61. The second-order valence-electron chi connectivity index (χ2n) is 6.50. The van der Waals surface area contributed by atoms with E-state index in [0.29, 0.717) is 18.5 Å². The number of methoxy groups -OCH3 is 1. The van der Waals surface area contributed by atoms with Crippen LogP contribution in [0.5, 0.6) is 5.75 Å². The molecule has 0 aromatic heterocycles. The molecule has 2 fully saturated rings. The van der Waals surface area contributed by atoms with E-state index in [1.54, 1.807) is 7.11 Å². The molecule has 1 aliphatic carbocycles. The molecule has 0 radical (unpaired) electrons. The minimum absolute atomic E-state index is 0.0176. The van der Waals surface area contributed by atoms with E-state index < -0.39 is 0 Å². The van der Waals surface area contributed by atoms with Gasteiger partial charge in [0.05, 0.1) is 13.2 Å². The number of rotatable bonds is 5. The molecule has 120 valence electrons. The largest absolute Gasteiger partial charge is 0.497 e. The highest BCUT2D eigenvalue weighted by molar-refractivity contribution is 5.82. The Kier molecular flexibility index (Phi) is 4.98. The number of fused-ring (bicyclic) bond motifs is 1. The van der Waals surface area contributed by atoms with Crippen LogP contribution < -0.4 is 15.4 Å². The van der Waals surface area contributed by atoms with Crippen molar-refractivity contribution in [1.29, 1.82) is 0 Å². The SMILES string of the molecule is COc1ccc(CCNC(=O)C2CC3CCCCC3N2)cc1. The molecule has 3 unspecified atom stereocenters. The molecule has 2 N–H and O–H groups in total. The van der Waals surface area contributed by atoms with Gasteiger partial charge in [-0.15, -0.1) is 0 Å². The second-order valence-corrected chi connectivity index (χ2v) is 6.50. The van der Waals surface area contributed by atoms with Crippen LogP contribution in [0.1, 0.15) is 37.7 Å². The fourth-order valence-electron chi connectivity index (χ4n) is 3.77. The number of carbonyl (C=O) groups excluding carboxylic acids is 1. The fourth-order valence-corrected chi connectivity index (χ4v) is 3.77. The summed E-state index contributed by atoms with van der Waals surface area (Å²) in [4.78, 5) is 12.3. The Labute approximate surface area is 132 Å². The number of hydrogen-bond donors (Lipinski definition) is 2. The minimum Gasteiger partial charge on any atom is -0.497 e. The molecule has 22 heavy (non-hydrogen) atoms. The Balaban J connectivity index is 1.42. The number of ether oxygens (including phenoxy) is 1. The van der Waals surface area contributed by atoms with Gasteiger partial charge in [0.25, 0.3) is 0 Å². The highest BCUT2D eigenvalue weighted by Crippen LogP contribution is 2.33. The van der Waals surface area contributed by atoms with Crippen molar-refractivity contribution < 1.29 is 9.53 Å². The number of hydrogen-bond acceptors (Lipinski definition) is 3. The number of benzene rings is 1. The first kappa shape index (κ1) is 15.3. The predicted octanol–water partition coefficient (Wildman–Crippen LogP) is 2.27. The lowest BCUT2D eigenvalue weighted by Crippen LogP contribution is -2.43. The third kappa shape index (κ3) is 3.61. The third-order valence-electron chi connectivity index (χ3n) is 5.05. The van der Waals surface area contributed by atoms with Crippen LogP contribution in [-0.2, 0) is 11.2 Å². The predicted molar refractivity (Wildman–Crippen MR) is 87.0 cm³/mol. The van der Waals surface area contributed by atoms with Gasteiger partial charge in [-0.2, -0.15) is 0 Å². The van der Waals surface area contributed by atoms with Gasteiger partial charge in [-0.3, -0.25) is 4.79 Å². The third-order valence-corrected chi connectivity index (χ3v) is 5.05. The highest BCUT2D eigenvalue weighted by atomic mass is 16.5. The van der Waals surface area contributed by atoms with Crippen molar-refractivity contribution in [2.45, 2.75) is 50.6 Å². The monoisotopic (exact) mass is 302 g/mol. The first-order valence-electron chi connectivity index (χ1n) is 8.43. The van der Waals surface area contributed by atoms with E-state index in [0.717, 1.165) is 18.6 Å². The molecule has 1 aromatic carbocycles. The topological polar surface area (TPSA) is 50.4 Å². The van der Waals surface area contributed by atoms with Gasteiger partial charge in [0.15, 0.2) is 0 Å². The Hall–Kier alpha value is -1.55. The molecule has 1 aliphatic heterocycles. The van der Waals surface area contributed by atoms with Crippen molar-refractivity contribution in [2.24, 2.45) is 5.92 Å². The zero-order chi connectivity index (χ0) is 15.4. The lowest BCUT2D eigenvalue weighted by Gasteiger charge is -2.24. The molecule has 4 nitrogen and oxygen atoms in total. The molecule has 1 heterocycles. The molecule has 0 spiro atoms. The van der Waals surface area contributed by atoms with Gasteiger partial charge in [-0.25, -0.2) is 0 Å². The van der Waals surface area contributed by atoms with E-state index >= 15 is 0 Å². The van der Waals surface area contributed by atoms with Crippen LogP contribution in [0.4, 0.5) is 0 Å². The first-order valence-corrected chi connectivity index (χ1v) is 8.43. The normalized spacial score (nSPS) is 27.2. The molecule has 0 bridgehead atoms. The van der Waals surface area contributed by atoms with Crippen LogP contribution in [-0.4, -0.2) is 31.6 Å². The van der Waals surface area contributed by atoms with Crippen molar-refractivity contribution in [3.05, 3.63) is 29.8 Å². The summed E-state index contributed by atoms with van der Waals surface area (Å²) in [6.07, 6.45) is 7.02. The lowest BCUT2D eigenvalue weighted by atomic mass is 9.85. The Bertz CT molecular complexity index is 486. The molecular formula is C18H26N2O2. The van der Waals surface area contributed by atoms with E-state index in [2.05, 4.69) is 10.6 Å². The highest BCUT2D eigenvalue weighted by Gasteiger charge is 2.37. The van der Waals surface area contributed by atoms with Crippen molar-refractivity contribution in [2.75, 3.05) is 13.7 Å². The zero-order valence-corrected chi connectivity index (χ0v) is 13.3. The van der Waals surface area contributed by atoms with Crippen LogP contribution in [0.3, 0.4) is 0 Å². The molecule has 1 amide bonds. The quantitative estimate of drug-likeness (QED) is 0.877. The van der Waals surface area contributed by atoms with Crippen LogP contribution in [0.25, 0.3) is 0 Å². The van der Waals surface area contributed by atoms with Gasteiger partial charge in [0.2, 0.25) is 5.91 Å². The van der Waals surface area contributed by atoms with Crippen LogP contribution in [0, 0.1) is 5.92 Å². The number of amides is 1. The van der Waals surface area contributed by atoms with Gasteiger partial charge in [0, 0.05) is 12.6 Å². The summed E-state index contributed by atoms with van der Waals surface area (Å²) in [5.41, 5.74) is 1.22. The second kappa shape index (κ2) is 7.14. The van der Waals surface area contributed by atoms with E-state index in [-0.39, 0.29) is 11.9 Å². The van der Waals surface area contributed by atoms with Crippen molar-refractivity contribution >= 4 is 5.91 Å². The van der Waals surface area contributed by atoms with Gasteiger partial charge in [-0.05, 0) is 49.3 Å². The fraction of sp³-hybridized carbons (Fsp3) is 0.611. The molecule has 1 saturated carbocycles. The number of nitrogens with one attached hydrogen (secondary N) is 2. The van der Waals surface area contributed by atoms with Gasteiger partial charge >= 0.3 is 0 Å². The maximum Gasteiger partial charge on any atom is 0.237 e. The smallest absolute Gasteiger partial charge is 0.237 e. The summed E-state index contributed by atoms with van der Waals surface area (Å²) < 4.78 is 5.15. The maximum atomic E-state index is 12.3. The summed E-state index contributed by atoms with van der Waals surface area (Å²) >= 11 is 0. The number of carbonyl (C=O) groups is 1. The molecule has 3 atom stereocenters. The summed E-state index contributed by atoms with van der Waals surface area (Å²) in [7, 11) is 1.67. The Morgan fingerprint density at radius 3 is 2.77 bits per heavy atom. The molecule has 3 rings (SSSR count). The van der Waals surface area contributed by atoms with Crippen molar-refractivity contribution in [3.8, 4) is 5.75 Å². The first-order chi connectivity index (χ1) is 10.8. The maximum absolute atomic E-state index is 12.3. The molecular weight excluding hydrogens is 276 g/mol. The summed E-state index contributed by atoms with van der Waals surface area (Å²) in [6.45, 7) is 0.693. The minimum atomic E-state index is 0.0176. The van der Waals surface area contributed by atoms with E-state index in [1.807, 2.05) is 24.3 Å². The average Bonchev–Trinajstić information content (AvgIpc) is 2.99. The van der Waals surface area contributed by atoms with Gasteiger partial charge in [0.1, 0.15) is 5.75 Å². The van der Waals surface area contributed by atoms with Crippen LogP contribution >= 0.6 is 0 Å². The van der Waals surface area contributed by atoms with Crippen LogP contribution in [0.15, 0.2) is 24.3 Å². The van der Waals surface area contributed by atoms with E-state index in [4.69, 9.17) is 4.74 Å². The Morgan fingerprint density at radius 1 is 1.27 bits per heavy atom. The average molecular weight is 302 g/mol. The molecule has 4 heteroatoms. The Morgan fingerprint density at radius 2 is 2.05 bits per heavy atom. The van der Waals surface area contributed by atoms with Gasteiger partial charge < -0.3 is 15.4 Å². The summed E-state index contributed by atoms with van der Waals surface area (Å²) in [5.74, 6) is 1.75. The van der Waals surface area contributed by atoms with E-state index in [9.17, 15) is 4.79 Å².